The molecule has 0 aliphatic heterocycles. The average molecular weight is 1020 g/mol. The topological polar surface area (TPSA) is 303 Å². The number of allylic oxidation sites excluding steroid dienone is 8. The van der Waals surface area contributed by atoms with Crippen molar-refractivity contribution >= 4 is 35.4 Å². The first-order chi connectivity index (χ1) is 31.8. The van der Waals surface area contributed by atoms with Gasteiger partial charge in [0.2, 0.25) is 0 Å². The van der Waals surface area contributed by atoms with Crippen LogP contribution in [0.5, 0.6) is 0 Å². The fraction of sp³-hybridized carbons (Fsp3) is 0.778. The first-order valence-corrected chi connectivity index (χ1v) is 28.5. The second-order valence-electron chi connectivity index (χ2n) is 16.7. The molecule has 0 radical (unpaired) electrons. The molecule has 5 unspecified atom stereocenters. The number of carbonyl (C=O) groups is 2. The molecule has 1 rings (SSSR count). The highest BCUT2D eigenvalue weighted by Crippen LogP contribution is 2.51. The predicted octanol–water partition coefficient (Wildman–Crippen LogP) is 8.62. The van der Waals surface area contributed by atoms with Crippen molar-refractivity contribution in [3.63, 3.8) is 0 Å². The Kier molecular flexibility index (Phi) is 34.8. The molecule has 0 aromatic heterocycles. The van der Waals surface area contributed by atoms with E-state index in [0.29, 0.717) is 19.3 Å². The number of carbonyl (C=O) groups excluding carboxylic acids is 2. The molecule has 1 aliphatic carbocycles. The smallest absolute Gasteiger partial charge is 0.462 e. The van der Waals surface area contributed by atoms with Crippen LogP contribution >= 0.6 is 23.5 Å². The van der Waals surface area contributed by atoms with Crippen LogP contribution in [0.3, 0.4) is 0 Å². The fourth-order valence-corrected chi connectivity index (χ4v) is 9.09. The summed E-state index contributed by atoms with van der Waals surface area (Å²) in [7, 11) is -16.6. The van der Waals surface area contributed by atoms with Crippen LogP contribution < -0.4 is 0 Å². The maximum atomic E-state index is 13.1. The molecule has 22 heteroatoms. The van der Waals surface area contributed by atoms with E-state index in [1.54, 1.807) is 0 Å². The van der Waals surface area contributed by atoms with Crippen LogP contribution in [0.2, 0.25) is 0 Å². The van der Waals surface area contributed by atoms with E-state index in [9.17, 15) is 63.1 Å². The van der Waals surface area contributed by atoms with Crippen molar-refractivity contribution in [1.29, 1.82) is 0 Å². The molecule has 390 valence electrons. The number of phosphoric acid groups is 3. The lowest BCUT2D eigenvalue weighted by Crippen LogP contribution is -2.65. The normalized spacial score (nSPS) is 22.0. The Hall–Kier alpha value is -1.89. The summed E-state index contributed by atoms with van der Waals surface area (Å²) in [5, 5.41) is 31.9. The monoisotopic (exact) mass is 1020 g/mol. The van der Waals surface area contributed by atoms with Gasteiger partial charge in [0, 0.05) is 12.8 Å². The molecule has 0 aromatic carbocycles. The molecule has 0 heterocycles. The molecule has 8 N–H and O–H groups in total. The standard InChI is InChI=1S/C45H81O19P3/c1-3-5-7-9-11-13-15-17-19-21-23-25-27-29-31-33-38(46)59-35-37(61-39(47)34-32-30-28-26-24-22-20-18-16-14-12-10-8-6-4-2)36-60-67(57,58)64-43-40(48)41(49)44(62-65(51,52)53)45(42(43)50)63-66(54,55)56/h11,13-14,16-17,19,23,25,37,40-45,48-50H,3-10,12,15,18,20-22,24,26-36H2,1-2H3,(H,57,58)(H2,51,52,53)(H2,54,55,56)/b13-11-,16-14-,19-17-,25-23-/t37-,40?,41?,42?,43+,44?,45+/m1/s1. The lowest BCUT2D eigenvalue weighted by Gasteiger charge is -2.44. The van der Waals surface area contributed by atoms with Crippen LogP contribution in [0.25, 0.3) is 0 Å². The summed E-state index contributed by atoms with van der Waals surface area (Å²) in [4.78, 5) is 73.2. The summed E-state index contributed by atoms with van der Waals surface area (Å²) in [6.07, 6.45) is 22.7. The first kappa shape index (κ1) is 63.1. The van der Waals surface area contributed by atoms with Crippen LogP contribution in [0.1, 0.15) is 168 Å². The zero-order valence-electron chi connectivity index (χ0n) is 39.5. The van der Waals surface area contributed by atoms with Crippen molar-refractivity contribution < 1.29 is 90.6 Å². The number of ether oxygens (including phenoxy) is 2. The number of esters is 2. The maximum absolute atomic E-state index is 13.1. The molecular weight excluding hydrogens is 937 g/mol. The Morgan fingerprint density at radius 2 is 0.866 bits per heavy atom. The second-order valence-corrected chi connectivity index (χ2v) is 20.5. The minimum absolute atomic E-state index is 0.0164. The Labute approximate surface area is 397 Å². The highest BCUT2D eigenvalue weighted by molar-refractivity contribution is 7.47. The van der Waals surface area contributed by atoms with Gasteiger partial charge < -0.3 is 49.3 Å². The number of hydrogen-bond donors (Lipinski definition) is 8. The summed E-state index contributed by atoms with van der Waals surface area (Å²) in [6, 6.07) is 0. The van der Waals surface area contributed by atoms with E-state index in [4.69, 9.17) is 18.5 Å². The van der Waals surface area contributed by atoms with Gasteiger partial charge >= 0.3 is 35.4 Å². The molecule has 0 spiro atoms. The van der Waals surface area contributed by atoms with Crippen LogP contribution in [0.15, 0.2) is 48.6 Å². The highest BCUT2D eigenvalue weighted by Gasteiger charge is 2.56. The van der Waals surface area contributed by atoms with Crippen LogP contribution in [-0.4, -0.2) is 108 Å². The Bertz CT molecular complexity index is 1590. The Morgan fingerprint density at radius 1 is 0.478 bits per heavy atom. The molecule has 1 aliphatic rings. The number of hydrogen-bond acceptors (Lipinski definition) is 14. The number of aliphatic hydroxyl groups is 3. The summed E-state index contributed by atoms with van der Waals surface area (Å²) >= 11 is 0. The third-order valence-corrected chi connectivity index (χ3v) is 12.6. The molecule has 0 amide bonds. The van der Waals surface area contributed by atoms with Gasteiger partial charge in [-0.25, -0.2) is 13.7 Å². The van der Waals surface area contributed by atoms with Gasteiger partial charge in [-0.3, -0.25) is 27.7 Å². The number of rotatable bonds is 40. The van der Waals surface area contributed by atoms with Crippen molar-refractivity contribution in [2.24, 2.45) is 0 Å². The quantitative estimate of drug-likeness (QED) is 0.0123. The van der Waals surface area contributed by atoms with E-state index in [0.717, 1.165) is 77.0 Å². The van der Waals surface area contributed by atoms with Gasteiger partial charge in [-0.2, -0.15) is 0 Å². The van der Waals surface area contributed by atoms with Crippen molar-refractivity contribution in [3.05, 3.63) is 48.6 Å². The van der Waals surface area contributed by atoms with Crippen molar-refractivity contribution in [3.8, 4) is 0 Å². The van der Waals surface area contributed by atoms with E-state index < -0.39 is 91.3 Å². The van der Waals surface area contributed by atoms with E-state index in [-0.39, 0.29) is 12.8 Å². The molecule has 67 heavy (non-hydrogen) atoms. The molecule has 0 aromatic rings. The first-order valence-electron chi connectivity index (χ1n) is 23.9. The van der Waals surface area contributed by atoms with Crippen molar-refractivity contribution in [1.82, 2.24) is 0 Å². The predicted molar refractivity (Wildman–Crippen MR) is 252 cm³/mol. The molecule has 8 atom stereocenters. The minimum Gasteiger partial charge on any atom is -0.462 e. The lowest BCUT2D eigenvalue weighted by molar-refractivity contribution is -0.213. The van der Waals surface area contributed by atoms with Crippen LogP contribution in [0.4, 0.5) is 0 Å². The van der Waals surface area contributed by atoms with Gasteiger partial charge in [0.05, 0.1) is 6.61 Å². The molecule has 1 fully saturated rings. The van der Waals surface area contributed by atoms with E-state index in [1.165, 1.54) is 44.9 Å². The van der Waals surface area contributed by atoms with E-state index in [1.807, 2.05) is 12.2 Å². The average Bonchev–Trinajstić information content (AvgIpc) is 3.25. The third kappa shape index (κ3) is 33.4. The van der Waals surface area contributed by atoms with Gasteiger partial charge in [0.25, 0.3) is 0 Å². The summed E-state index contributed by atoms with van der Waals surface area (Å²) < 4.78 is 65.4. The maximum Gasteiger partial charge on any atom is 0.472 e. The summed E-state index contributed by atoms with van der Waals surface area (Å²) in [5.41, 5.74) is 0. The molecule has 0 saturated heterocycles. The van der Waals surface area contributed by atoms with Crippen LogP contribution in [-0.2, 0) is 50.9 Å². The molecule has 1 saturated carbocycles. The van der Waals surface area contributed by atoms with E-state index >= 15 is 0 Å². The van der Waals surface area contributed by atoms with Crippen LogP contribution in [0, 0.1) is 0 Å². The summed E-state index contributed by atoms with van der Waals surface area (Å²) in [6.45, 7) is 2.86. The fourth-order valence-electron chi connectivity index (χ4n) is 6.99. The van der Waals surface area contributed by atoms with Crippen molar-refractivity contribution in [2.75, 3.05) is 13.2 Å². The highest BCUT2D eigenvalue weighted by atomic mass is 31.2. The van der Waals surface area contributed by atoms with Gasteiger partial charge in [-0.1, -0.05) is 127 Å². The van der Waals surface area contributed by atoms with Gasteiger partial charge in [0.1, 0.15) is 43.2 Å². The van der Waals surface area contributed by atoms with Gasteiger partial charge in [0.15, 0.2) is 6.10 Å². The second kappa shape index (κ2) is 37.0. The summed E-state index contributed by atoms with van der Waals surface area (Å²) in [5.74, 6) is -1.35. The Balaban J connectivity index is 2.77. The SMILES string of the molecule is CCCCC/C=C\C/C=C\C/C=C\CCCCC(=O)OC[C@H](COP(=O)(O)O[C@H]1C(O)C(O)C(OP(=O)(O)O)[C@@H](OP(=O)(O)O)C1O)OC(=O)CCCCCCCCC/C=C\CCCCCC. The van der Waals surface area contributed by atoms with Crippen molar-refractivity contribution in [2.45, 2.75) is 211 Å². The van der Waals surface area contributed by atoms with Gasteiger partial charge in [-0.15, -0.1) is 0 Å². The number of unbranched alkanes of at least 4 members (excludes halogenated alkanes) is 16. The third-order valence-electron chi connectivity index (χ3n) is 10.6. The minimum atomic E-state index is -5.61. The zero-order valence-corrected chi connectivity index (χ0v) is 42.1. The number of phosphoric ester groups is 3. The molecule has 0 bridgehead atoms. The Morgan fingerprint density at radius 3 is 1.40 bits per heavy atom. The lowest BCUT2D eigenvalue weighted by atomic mass is 9.85. The largest absolute Gasteiger partial charge is 0.472 e. The molecular formula is C45H81O19P3. The van der Waals surface area contributed by atoms with Gasteiger partial charge in [-0.05, 0) is 77.0 Å². The molecule has 19 nitrogen and oxygen atoms in total. The van der Waals surface area contributed by atoms with E-state index in [2.05, 4.69) is 59.4 Å². The number of aliphatic hydroxyl groups excluding tert-OH is 3. The zero-order chi connectivity index (χ0) is 50.0.